The van der Waals surface area contributed by atoms with Gasteiger partial charge in [0.05, 0.1) is 15.1 Å². The van der Waals surface area contributed by atoms with Gasteiger partial charge in [0.2, 0.25) is 0 Å². The second kappa shape index (κ2) is 6.34. The van der Waals surface area contributed by atoms with Gasteiger partial charge in [0.15, 0.2) is 0 Å². The Morgan fingerprint density at radius 1 is 1.24 bits per heavy atom. The highest BCUT2D eigenvalue weighted by molar-refractivity contribution is 6.43. The Morgan fingerprint density at radius 2 is 1.82 bits per heavy atom. The molecule has 6 heteroatoms. The van der Waals surface area contributed by atoms with Crippen LogP contribution in [0.15, 0.2) is 12.1 Å². The second-order valence-electron chi connectivity index (χ2n) is 3.43. The topological polar surface area (TPSA) is 35.5 Å². The summed E-state index contributed by atoms with van der Waals surface area (Å²) in [5, 5.41) is 1.07. The molecule has 0 saturated heterocycles. The number of benzene rings is 1. The fraction of sp³-hybridized carbons (Fsp3) is 0.364. The van der Waals surface area contributed by atoms with E-state index in [1.165, 1.54) is 19.1 Å². The molecule has 0 aliphatic rings. The van der Waals surface area contributed by atoms with Crippen LogP contribution in [0.4, 0.5) is 0 Å². The van der Waals surface area contributed by atoms with Gasteiger partial charge in [0.1, 0.15) is 18.5 Å². The van der Waals surface area contributed by atoms with Crippen LogP contribution in [0.3, 0.4) is 0 Å². The van der Waals surface area contributed by atoms with Crippen molar-refractivity contribution in [3.8, 4) is 5.75 Å². The number of hydrogen-bond donors (Lipinski definition) is 0. The van der Waals surface area contributed by atoms with Crippen LogP contribution in [-0.4, -0.2) is 18.7 Å². The third kappa shape index (κ3) is 4.62. The largest absolute Gasteiger partial charge is 0.488 e. The minimum absolute atomic E-state index is 0.192. The SMILES string of the molecule is CC(=O)OC(C)COc1cc(Cl)c(Cl)cc1Cl. The van der Waals surface area contributed by atoms with E-state index in [4.69, 9.17) is 44.3 Å². The molecule has 0 fully saturated rings. The summed E-state index contributed by atoms with van der Waals surface area (Å²) in [7, 11) is 0. The van der Waals surface area contributed by atoms with E-state index in [0.29, 0.717) is 20.8 Å². The van der Waals surface area contributed by atoms with E-state index in [0.717, 1.165) is 0 Å². The third-order valence-electron chi connectivity index (χ3n) is 1.82. The Kier molecular flexibility index (Phi) is 5.37. The molecule has 0 N–H and O–H groups in total. The highest BCUT2D eigenvalue weighted by Gasteiger charge is 2.10. The molecular weight excluding hydrogens is 286 g/mol. The molecule has 0 heterocycles. The van der Waals surface area contributed by atoms with Crippen molar-refractivity contribution in [2.75, 3.05) is 6.61 Å². The van der Waals surface area contributed by atoms with E-state index >= 15 is 0 Å². The van der Waals surface area contributed by atoms with E-state index in [2.05, 4.69) is 0 Å². The molecule has 0 aromatic heterocycles. The minimum Gasteiger partial charge on any atom is -0.488 e. The quantitative estimate of drug-likeness (QED) is 0.623. The zero-order valence-electron chi connectivity index (χ0n) is 9.30. The van der Waals surface area contributed by atoms with Crippen molar-refractivity contribution in [3.05, 3.63) is 27.2 Å². The van der Waals surface area contributed by atoms with Crippen LogP contribution < -0.4 is 4.74 Å². The van der Waals surface area contributed by atoms with E-state index in [-0.39, 0.29) is 18.7 Å². The second-order valence-corrected chi connectivity index (χ2v) is 4.65. The highest BCUT2D eigenvalue weighted by Crippen LogP contribution is 2.33. The zero-order chi connectivity index (χ0) is 13.0. The normalized spacial score (nSPS) is 12.1. The molecule has 0 aliphatic heterocycles. The molecule has 17 heavy (non-hydrogen) atoms. The van der Waals surface area contributed by atoms with E-state index in [1.807, 2.05) is 0 Å². The van der Waals surface area contributed by atoms with E-state index in [9.17, 15) is 4.79 Å². The molecule has 0 bridgehead atoms. The van der Waals surface area contributed by atoms with Crippen molar-refractivity contribution in [1.82, 2.24) is 0 Å². The molecule has 0 amide bonds. The molecule has 1 aromatic carbocycles. The Labute approximate surface area is 115 Å². The van der Waals surface area contributed by atoms with Crippen LogP contribution in [0, 0.1) is 0 Å². The summed E-state index contributed by atoms with van der Waals surface area (Å²) in [6.45, 7) is 3.24. The van der Waals surface area contributed by atoms with Gasteiger partial charge in [-0.15, -0.1) is 0 Å². The van der Waals surface area contributed by atoms with E-state index < -0.39 is 0 Å². The van der Waals surface area contributed by atoms with Crippen molar-refractivity contribution in [2.45, 2.75) is 20.0 Å². The monoisotopic (exact) mass is 296 g/mol. The summed E-state index contributed by atoms with van der Waals surface area (Å²) in [6, 6.07) is 3.02. The van der Waals surface area contributed by atoms with Crippen molar-refractivity contribution in [3.63, 3.8) is 0 Å². The standard InChI is InChI=1S/C11H11Cl3O3/c1-6(17-7(2)15)5-16-11-4-9(13)8(12)3-10(11)14/h3-4,6H,5H2,1-2H3. The number of rotatable bonds is 4. The molecule has 1 rings (SSSR count). The number of hydrogen-bond acceptors (Lipinski definition) is 3. The summed E-state index contributed by atoms with van der Waals surface area (Å²) in [5.41, 5.74) is 0. The summed E-state index contributed by atoms with van der Waals surface area (Å²) in [5.74, 6) is 0.0430. The lowest BCUT2D eigenvalue weighted by Gasteiger charge is -2.14. The first-order chi connectivity index (χ1) is 7.90. The minimum atomic E-state index is -0.363. The first-order valence-electron chi connectivity index (χ1n) is 4.84. The average molecular weight is 298 g/mol. The van der Waals surface area contributed by atoms with Crippen LogP contribution in [0.5, 0.6) is 5.75 Å². The molecule has 0 spiro atoms. The summed E-state index contributed by atoms with van der Waals surface area (Å²) in [6.07, 6.45) is -0.363. The van der Waals surface area contributed by atoms with Crippen LogP contribution in [0.2, 0.25) is 15.1 Å². The smallest absolute Gasteiger partial charge is 0.303 e. The van der Waals surface area contributed by atoms with Gasteiger partial charge < -0.3 is 9.47 Å². The van der Waals surface area contributed by atoms with Crippen molar-refractivity contribution in [1.29, 1.82) is 0 Å². The summed E-state index contributed by atoms with van der Waals surface area (Å²) < 4.78 is 10.3. The molecule has 0 radical (unpaired) electrons. The van der Waals surface area contributed by atoms with Crippen molar-refractivity contribution in [2.24, 2.45) is 0 Å². The van der Waals surface area contributed by atoms with Gasteiger partial charge in [-0.1, -0.05) is 34.8 Å². The number of halogens is 3. The van der Waals surface area contributed by atoms with Crippen LogP contribution in [-0.2, 0) is 9.53 Å². The van der Waals surface area contributed by atoms with Gasteiger partial charge in [-0.2, -0.15) is 0 Å². The van der Waals surface area contributed by atoms with Crippen LogP contribution >= 0.6 is 34.8 Å². The molecular formula is C11H11Cl3O3. The molecule has 0 aliphatic carbocycles. The third-order valence-corrected chi connectivity index (χ3v) is 2.83. The van der Waals surface area contributed by atoms with Gasteiger partial charge in [0, 0.05) is 13.0 Å². The maximum absolute atomic E-state index is 10.7. The maximum atomic E-state index is 10.7. The lowest BCUT2D eigenvalue weighted by atomic mass is 10.3. The van der Waals surface area contributed by atoms with Gasteiger partial charge in [-0.05, 0) is 13.0 Å². The number of carbonyl (C=O) groups excluding carboxylic acids is 1. The van der Waals surface area contributed by atoms with Gasteiger partial charge in [-0.25, -0.2) is 0 Å². The lowest BCUT2D eigenvalue weighted by molar-refractivity contribution is -0.146. The lowest BCUT2D eigenvalue weighted by Crippen LogP contribution is -2.20. The zero-order valence-corrected chi connectivity index (χ0v) is 11.6. The summed E-state index contributed by atoms with van der Waals surface area (Å²) in [4.78, 5) is 10.7. The molecule has 94 valence electrons. The van der Waals surface area contributed by atoms with Gasteiger partial charge in [-0.3, -0.25) is 4.79 Å². The van der Waals surface area contributed by atoms with Gasteiger partial charge >= 0.3 is 5.97 Å². The van der Waals surface area contributed by atoms with Crippen molar-refractivity contribution >= 4 is 40.8 Å². The first kappa shape index (κ1) is 14.4. The summed E-state index contributed by atoms with van der Waals surface area (Å²) >= 11 is 17.5. The first-order valence-corrected chi connectivity index (χ1v) is 5.98. The Morgan fingerprint density at radius 3 is 2.41 bits per heavy atom. The molecule has 3 nitrogen and oxygen atoms in total. The fourth-order valence-corrected chi connectivity index (χ4v) is 1.73. The van der Waals surface area contributed by atoms with E-state index in [1.54, 1.807) is 6.92 Å². The predicted molar refractivity (Wildman–Crippen MR) is 68.2 cm³/mol. The fourth-order valence-electron chi connectivity index (χ4n) is 1.14. The molecule has 1 unspecified atom stereocenters. The number of esters is 1. The van der Waals surface area contributed by atoms with Crippen LogP contribution in [0.1, 0.15) is 13.8 Å². The Bertz CT molecular complexity index is 421. The molecule has 1 atom stereocenters. The number of ether oxygens (including phenoxy) is 2. The predicted octanol–water partition coefficient (Wildman–Crippen LogP) is 3.98. The number of carbonyl (C=O) groups is 1. The Balaban J connectivity index is 2.63. The highest BCUT2D eigenvalue weighted by atomic mass is 35.5. The maximum Gasteiger partial charge on any atom is 0.303 e. The Hall–Kier alpha value is -0.640. The molecule has 1 aromatic rings. The molecule has 0 saturated carbocycles. The van der Waals surface area contributed by atoms with Crippen LogP contribution in [0.25, 0.3) is 0 Å². The van der Waals surface area contributed by atoms with Crippen molar-refractivity contribution < 1.29 is 14.3 Å². The average Bonchev–Trinajstić information content (AvgIpc) is 2.20. The van der Waals surface area contributed by atoms with Gasteiger partial charge in [0.25, 0.3) is 0 Å².